The molecule has 1 fully saturated rings. The van der Waals surface area contributed by atoms with Crippen LogP contribution in [0.5, 0.6) is 5.75 Å². The highest BCUT2D eigenvalue weighted by molar-refractivity contribution is 7.98. The van der Waals surface area contributed by atoms with Gasteiger partial charge in [-0.2, -0.15) is 0 Å². The standard InChI is InChI=1S/C14H21NOS/c1-17-14-9-5-8-13(12(14)10-15)16-11-6-3-2-4-7-11/h5,8-9,11H,2-4,6-7,10,15H2,1H3. The summed E-state index contributed by atoms with van der Waals surface area (Å²) in [7, 11) is 0. The fraction of sp³-hybridized carbons (Fsp3) is 0.571. The first-order chi connectivity index (χ1) is 8.35. The van der Waals surface area contributed by atoms with Crippen molar-refractivity contribution in [1.29, 1.82) is 0 Å². The lowest BCUT2D eigenvalue weighted by atomic mass is 9.97. The van der Waals surface area contributed by atoms with Gasteiger partial charge in [-0.3, -0.25) is 0 Å². The lowest BCUT2D eigenvalue weighted by Gasteiger charge is -2.24. The third kappa shape index (κ3) is 3.17. The Balaban J connectivity index is 2.13. The van der Waals surface area contributed by atoms with Crippen LogP contribution in [0.25, 0.3) is 0 Å². The Morgan fingerprint density at radius 3 is 2.71 bits per heavy atom. The molecule has 0 radical (unpaired) electrons. The lowest BCUT2D eigenvalue weighted by Crippen LogP contribution is -2.20. The molecule has 0 spiro atoms. The fourth-order valence-corrected chi connectivity index (χ4v) is 3.06. The summed E-state index contributed by atoms with van der Waals surface area (Å²) in [4.78, 5) is 1.24. The van der Waals surface area contributed by atoms with E-state index in [0.29, 0.717) is 12.6 Å². The van der Waals surface area contributed by atoms with E-state index >= 15 is 0 Å². The van der Waals surface area contributed by atoms with Crippen LogP contribution in [-0.2, 0) is 6.54 Å². The highest BCUT2D eigenvalue weighted by Gasteiger charge is 2.17. The minimum atomic E-state index is 0.395. The summed E-state index contributed by atoms with van der Waals surface area (Å²) < 4.78 is 6.13. The zero-order chi connectivity index (χ0) is 12.1. The van der Waals surface area contributed by atoms with Crippen LogP contribution in [0.3, 0.4) is 0 Å². The van der Waals surface area contributed by atoms with Crippen molar-refractivity contribution in [2.24, 2.45) is 5.73 Å². The van der Waals surface area contributed by atoms with Gasteiger partial charge in [-0.15, -0.1) is 11.8 Å². The summed E-state index contributed by atoms with van der Waals surface area (Å²) in [6.45, 7) is 0.555. The van der Waals surface area contributed by atoms with E-state index in [2.05, 4.69) is 24.5 Å². The fourth-order valence-electron chi connectivity index (χ4n) is 2.41. The normalized spacial score (nSPS) is 17.1. The van der Waals surface area contributed by atoms with Crippen LogP contribution in [0, 0.1) is 0 Å². The average Bonchev–Trinajstić information content (AvgIpc) is 2.39. The van der Waals surface area contributed by atoms with Crippen LogP contribution >= 0.6 is 11.8 Å². The zero-order valence-corrected chi connectivity index (χ0v) is 11.3. The van der Waals surface area contributed by atoms with Crippen LogP contribution in [0.2, 0.25) is 0 Å². The number of thioether (sulfide) groups is 1. The molecule has 1 aromatic carbocycles. The summed E-state index contributed by atoms with van der Waals surface area (Å²) in [6.07, 6.45) is 8.80. The molecule has 2 N–H and O–H groups in total. The summed E-state index contributed by atoms with van der Waals surface area (Å²) in [6, 6.07) is 6.22. The third-order valence-corrected chi connectivity index (χ3v) is 4.18. The highest BCUT2D eigenvalue weighted by Crippen LogP contribution is 2.31. The molecule has 0 unspecified atom stereocenters. The van der Waals surface area contributed by atoms with Gasteiger partial charge in [0.05, 0.1) is 6.10 Å². The molecule has 1 saturated carbocycles. The molecule has 0 saturated heterocycles. The van der Waals surface area contributed by atoms with Gasteiger partial charge < -0.3 is 10.5 Å². The van der Waals surface area contributed by atoms with Gasteiger partial charge in [0, 0.05) is 17.0 Å². The molecule has 94 valence electrons. The van der Waals surface area contributed by atoms with Crippen molar-refractivity contribution in [2.75, 3.05) is 6.26 Å². The summed E-state index contributed by atoms with van der Waals surface area (Å²) in [5, 5.41) is 0. The lowest BCUT2D eigenvalue weighted by molar-refractivity contribution is 0.153. The summed E-state index contributed by atoms with van der Waals surface area (Å²) in [5.41, 5.74) is 7.00. The van der Waals surface area contributed by atoms with E-state index < -0.39 is 0 Å². The zero-order valence-electron chi connectivity index (χ0n) is 10.4. The molecule has 0 aromatic heterocycles. The molecule has 3 heteroatoms. The van der Waals surface area contributed by atoms with Gasteiger partial charge in [-0.05, 0) is 44.1 Å². The van der Waals surface area contributed by atoms with Gasteiger partial charge in [-0.1, -0.05) is 12.5 Å². The van der Waals surface area contributed by atoms with E-state index in [1.807, 2.05) is 0 Å². The molecule has 0 aliphatic heterocycles. The second kappa shape index (κ2) is 6.31. The van der Waals surface area contributed by atoms with Gasteiger partial charge in [-0.25, -0.2) is 0 Å². The van der Waals surface area contributed by atoms with Crippen molar-refractivity contribution in [3.8, 4) is 5.75 Å². The Morgan fingerprint density at radius 2 is 2.06 bits per heavy atom. The first-order valence-corrected chi connectivity index (χ1v) is 7.60. The molecule has 0 amide bonds. The molecule has 0 bridgehead atoms. The molecule has 2 nitrogen and oxygen atoms in total. The minimum Gasteiger partial charge on any atom is -0.490 e. The number of rotatable bonds is 4. The molecule has 17 heavy (non-hydrogen) atoms. The Bertz CT molecular complexity index is 361. The van der Waals surface area contributed by atoms with Crippen LogP contribution in [0.4, 0.5) is 0 Å². The first kappa shape index (κ1) is 12.8. The maximum atomic E-state index is 6.13. The quantitative estimate of drug-likeness (QED) is 0.831. The van der Waals surface area contributed by atoms with Crippen LogP contribution in [-0.4, -0.2) is 12.4 Å². The van der Waals surface area contributed by atoms with E-state index in [0.717, 1.165) is 11.3 Å². The molecule has 1 aromatic rings. The maximum Gasteiger partial charge on any atom is 0.125 e. The van der Waals surface area contributed by atoms with Gasteiger partial charge in [0.25, 0.3) is 0 Å². The van der Waals surface area contributed by atoms with Crippen LogP contribution in [0.1, 0.15) is 37.7 Å². The van der Waals surface area contributed by atoms with Crippen LogP contribution in [0.15, 0.2) is 23.1 Å². The molecule has 1 aliphatic carbocycles. The van der Waals surface area contributed by atoms with E-state index in [1.165, 1.54) is 37.0 Å². The first-order valence-electron chi connectivity index (χ1n) is 6.37. The third-order valence-electron chi connectivity index (χ3n) is 3.36. The maximum absolute atomic E-state index is 6.13. The second-order valence-corrected chi connectivity index (χ2v) is 5.37. The Kier molecular flexibility index (Phi) is 4.75. The molecular weight excluding hydrogens is 230 g/mol. The largest absolute Gasteiger partial charge is 0.490 e. The Hall–Kier alpha value is -0.670. The number of ether oxygens (including phenoxy) is 1. The summed E-state index contributed by atoms with van der Waals surface area (Å²) >= 11 is 1.74. The van der Waals surface area contributed by atoms with E-state index in [-0.39, 0.29) is 0 Å². The van der Waals surface area contributed by atoms with Crippen LogP contribution < -0.4 is 10.5 Å². The monoisotopic (exact) mass is 251 g/mol. The van der Waals surface area contributed by atoms with E-state index in [4.69, 9.17) is 10.5 Å². The number of hydrogen-bond acceptors (Lipinski definition) is 3. The van der Waals surface area contributed by atoms with Gasteiger partial charge >= 0.3 is 0 Å². The topological polar surface area (TPSA) is 35.2 Å². The molecule has 0 heterocycles. The van der Waals surface area contributed by atoms with Crippen molar-refractivity contribution >= 4 is 11.8 Å². The van der Waals surface area contributed by atoms with E-state index in [9.17, 15) is 0 Å². The predicted molar refractivity (Wildman–Crippen MR) is 73.6 cm³/mol. The van der Waals surface area contributed by atoms with Crippen molar-refractivity contribution < 1.29 is 4.74 Å². The predicted octanol–water partition coefficient (Wildman–Crippen LogP) is 3.58. The Morgan fingerprint density at radius 1 is 1.29 bits per heavy atom. The van der Waals surface area contributed by atoms with Crippen molar-refractivity contribution in [1.82, 2.24) is 0 Å². The minimum absolute atomic E-state index is 0.395. The second-order valence-electron chi connectivity index (χ2n) is 4.52. The van der Waals surface area contributed by atoms with Crippen molar-refractivity contribution in [2.45, 2.75) is 49.6 Å². The van der Waals surface area contributed by atoms with E-state index in [1.54, 1.807) is 11.8 Å². The number of benzene rings is 1. The molecule has 2 rings (SSSR count). The summed E-state index contributed by atoms with van der Waals surface area (Å²) in [5.74, 6) is 0.992. The number of hydrogen-bond donors (Lipinski definition) is 1. The Labute approximate surface area is 108 Å². The SMILES string of the molecule is CSc1cccc(OC2CCCCC2)c1CN. The van der Waals surface area contributed by atoms with Gasteiger partial charge in [0.2, 0.25) is 0 Å². The van der Waals surface area contributed by atoms with Crippen molar-refractivity contribution in [3.05, 3.63) is 23.8 Å². The smallest absolute Gasteiger partial charge is 0.125 e. The number of nitrogens with two attached hydrogens (primary N) is 1. The molecule has 1 aliphatic rings. The van der Waals surface area contributed by atoms with Gasteiger partial charge in [0.1, 0.15) is 5.75 Å². The van der Waals surface area contributed by atoms with Crippen molar-refractivity contribution in [3.63, 3.8) is 0 Å². The molecule has 0 atom stereocenters. The average molecular weight is 251 g/mol. The van der Waals surface area contributed by atoms with Gasteiger partial charge in [0.15, 0.2) is 0 Å². The molecular formula is C14H21NOS. The highest BCUT2D eigenvalue weighted by atomic mass is 32.2.